The molecule has 7 aromatic rings. The van der Waals surface area contributed by atoms with E-state index in [1.807, 2.05) is 127 Å². The van der Waals surface area contributed by atoms with Crippen molar-refractivity contribution in [2.75, 3.05) is 0 Å². The molecule has 220 valence electrons. The van der Waals surface area contributed by atoms with Crippen LogP contribution in [-0.4, -0.2) is 24.9 Å². The molecule has 5 aromatic heterocycles. The fourth-order valence-electron chi connectivity index (χ4n) is 3.83. The summed E-state index contributed by atoms with van der Waals surface area (Å²) in [5.41, 5.74) is 7.53. The van der Waals surface area contributed by atoms with Gasteiger partial charge in [0.2, 0.25) is 0 Å². The average molecular weight is 925 g/mol. The molecule has 0 saturated carbocycles. The van der Waals surface area contributed by atoms with E-state index in [2.05, 4.69) is 43.1 Å². The van der Waals surface area contributed by atoms with Crippen molar-refractivity contribution in [3.63, 3.8) is 0 Å². The molecule has 7 heteroatoms. The summed E-state index contributed by atoms with van der Waals surface area (Å²) in [4.78, 5) is 21.2. The van der Waals surface area contributed by atoms with Crippen LogP contribution in [0.5, 0.6) is 0 Å². The van der Waals surface area contributed by atoms with Gasteiger partial charge in [0, 0.05) is 71.2 Å². The summed E-state index contributed by atoms with van der Waals surface area (Å²) in [6.45, 7) is 0. The number of nitrogens with zero attached hydrogens (tertiary/aromatic N) is 5. The van der Waals surface area contributed by atoms with Crippen LogP contribution in [0, 0.1) is 18.2 Å². The fourth-order valence-corrected chi connectivity index (χ4v) is 3.83. The van der Waals surface area contributed by atoms with E-state index < -0.39 is 0 Å². The van der Waals surface area contributed by atoms with Gasteiger partial charge in [-0.2, -0.15) is 0 Å². The van der Waals surface area contributed by atoms with Crippen molar-refractivity contribution in [3.8, 4) is 45.2 Å². The number of hydrogen-bond donors (Lipinski definition) is 0. The first kappa shape index (κ1) is 34.0. The van der Waals surface area contributed by atoms with Crippen LogP contribution in [0.25, 0.3) is 45.2 Å². The third-order valence-corrected chi connectivity index (χ3v) is 5.87. The summed E-state index contributed by atoms with van der Waals surface area (Å²) in [6.07, 6.45) is 8.87. The van der Waals surface area contributed by atoms with Gasteiger partial charge in [0.1, 0.15) is 0 Å². The Hall–Kier alpha value is -4.51. The van der Waals surface area contributed by atoms with E-state index in [4.69, 9.17) is 0 Å². The van der Waals surface area contributed by atoms with Gasteiger partial charge in [0.25, 0.3) is 0 Å². The van der Waals surface area contributed by atoms with E-state index in [1.165, 1.54) is 0 Å². The van der Waals surface area contributed by atoms with Gasteiger partial charge in [-0.15, -0.1) is 35.9 Å². The van der Waals surface area contributed by atoms with Crippen LogP contribution in [-0.2, 0) is 40.2 Å². The van der Waals surface area contributed by atoms with E-state index in [1.54, 1.807) is 31.0 Å². The molecule has 2 radical (unpaired) electrons. The van der Waals surface area contributed by atoms with Crippen molar-refractivity contribution in [3.05, 3.63) is 177 Å². The number of pyridine rings is 5. The Morgan fingerprint density at radius 3 is 0.955 bits per heavy atom. The second-order valence-electron chi connectivity index (χ2n) is 8.76. The van der Waals surface area contributed by atoms with Crippen molar-refractivity contribution < 1.29 is 40.2 Å². The van der Waals surface area contributed by atoms with Crippen LogP contribution in [0.4, 0.5) is 0 Å². The molecule has 0 spiro atoms. The second kappa shape index (κ2) is 18.9. The van der Waals surface area contributed by atoms with Crippen molar-refractivity contribution in [1.82, 2.24) is 24.9 Å². The first-order valence-electron chi connectivity index (χ1n) is 13.3. The minimum absolute atomic E-state index is 0. The summed E-state index contributed by atoms with van der Waals surface area (Å²) >= 11 is 0. The summed E-state index contributed by atoms with van der Waals surface area (Å²) in [7, 11) is 0. The van der Waals surface area contributed by atoms with E-state index in [0.717, 1.165) is 45.2 Å². The van der Waals surface area contributed by atoms with E-state index in [9.17, 15) is 0 Å². The molecule has 7 rings (SSSR count). The standard InChI is InChI=1S/C16H10N2.C11H8N.C10H8N2.2Ir/c1-3-11-17-15(5-1)13-7-9-14(10-8-13)16-6-2-4-12-18-16;1-2-6-10(7-3-1)11-8-4-5-9-12-11;1-3-7-11-9(5-1)10-6-2-4-8-12-10;;/h1-7,10-12H;1-6,8-9H;1-8H;;/q-2;-1;;;. The molecule has 0 aliphatic heterocycles. The Labute approximate surface area is 285 Å². The number of benzene rings is 2. The van der Waals surface area contributed by atoms with E-state index in [-0.39, 0.29) is 40.2 Å². The van der Waals surface area contributed by atoms with E-state index in [0.29, 0.717) is 0 Å². The maximum Gasteiger partial charge on any atom is 0.0886 e. The molecular weight excluding hydrogens is 899 g/mol. The Bertz CT molecular complexity index is 1520. The first-order valence-corrected chi connectivity index (χ1v) is 13.3. The number of aromatic nitrogens is 5. The molecule has 0 fully saturated rings. The minimum atomic E-state index is 0. The van der Waals surface area contributed by atoms with Crippen molar-refractivity contribution in [1.29, 1.82) is 0 Å². The van der Waals surface area contributed by atoms with Crippen LogP contribution in [0.2, 0.25) is 0 Å². The average Bonchev–Trinajstić information content (AvgIpc) is 3.11. The van der Waals surface area contributed by atoms with Crippen molar-refractivity contribution in [2.45, 2.75) is 0 Å². The second-order valence-corrected chi connectivity index (χ2v) is 8.76. The van der Waals surface area contributed by atoms with Crippen molar-refractivity contribution in [2.24, 2.45) is 0 Å². The molecular formula is C37H26Ir2N5-3. The quantitative estimate of drug-likeness (QED) is 0.167. The normalized spacial score (nSPS) is 9.45. The van der Waals surface area contributed by atoms with Crippen LogP contribution >= 0.6 is 0 Å². The molecule has 5 heterocycles. The van der Waals surface area contributed by atoms with Gasteiger partial charge in [-0.1, -0.05) is 59.9 Å². The molecule has 0 N–H and O–H groups in total. The Kier molecular flexibility index (Phi) is 14.6. The maximum atomic E-state index is 4.28. The summed E-state index contributed by atoms with van der Waals surface area (Å²) in [5, 5.41) is 0. The minimum Gasteiger partial charge on any atom is -0.315 e. The predicted molar refractivity (Wildman–Crippen MR) is 167 cm³/mol. The van der Waals surface area contributed by atoms with Gasteiger partial charge in [-0.3, -0.25) is 9.97 Å². The smallest absolute Gasteiger partial charge is 0.0886 e. The van der Waals surface area contributed by atoms with Crippen LogP contribution in [0.15, 0.2) is 158 Å². The van der Waals surface area contributed by atoms with Gasteiger partial charge in [-0.25, -0.2) is 35.4 Å². The summed E-state index contributed by atoms with van der Waals surface area (Å²) in [6, 6.07) is 50.3. The van der Waals surface area contributed by atoms with Crippen LogP contribution < -0.4 is 0 Å². The molecule has 5 nitrogen and oxygen atoms in total. The number of rotatable bonds is 4. The fraction of sp³-hybridized carbons (Fsp3) is 0. The van der Waals surface area contributed by atoms with Crippen LogP contribution in [0.3, 0.4) is 0 Å². The molecule has 0 amide bonds. The zero-order valence-electron chi connectivity index (χ0n) is 23.4. The van der Waals surface area contributed by atoms with Gasteiger partial charge in [0.05, 0.1) is 11.4 Å². The molecule has 44 heavy (non-hydrogen) atoms. The van der Waals surface area contributed by atoms with Gasteiger partial charge in [0.15, 0.2) is 0 Å². The number of hydrogen-bond acceptors (Lipinski definition) is 5. The third kappa shape index (κ3) is 10.3. The topological polar surface area (TPSA) is 64.5 Å². The molecule has 0 bridgehead atoms. The Morgan fingerprint density at radius 1 is 0.318 bits per heavy atom. The predicted octanol–water partition coefficient (Wildman–Crippen LogP) is 8.10. The molecule has 0 saturated heterocycles. The molecule has 0 unspecified atom stereocenters. The largest absolute Gasteiger partial charge is 0.315 e. The SMILES string of the molecule is [Ir].[Ir].[c-]1cc(-c2ccccn2)[c-]cc1-c1ccccn1.[c-]1ccccc1-c1ccccn1.c1ccc(-c2ccccn2)nc1. The summed E-state index contributed by atoms with van der Waals surface area (Å²) in [5.74, 6) is 0. The Morgan fingerprint density at radius 2 is 0.659 bits per heavy atom. The van der Waals surface area contributed by atoms with Gasteiger partial charge < -0.3 is 15.0 Å². The molecule has 0 atom stereocenters. The summed E-state index contributed by atoms with van der Waals surface area (Å²) < 4.78 is 0. The third-order valence-electron chi connectivity index (χ3n) is 5.87. The zero-order chi connectivity index (χ0) is 28.7. The van der Waals surface area contributed by atoms with Gasteiger partial charge in [-0.05, 0) is 48.2 Å². The monoisotopic (exact) mass is 926 g/mol. The van der Waals surface area contributed by atoms with E-state index >= 15 is 0 Å². The molecule has 0 aliphatic rings. The Balaban J connectivity index is 0.000000182. The van der Waals surface area contributed by atoms with Crippen LogP contribution in [0.1, 0.15) is 0 Å². The van der Waals surface area contributed by atoms with Crippen molar-refractivity contribution >= 4 is 0 Å². The maximum absolute atomic E-state index is 4.28. The van der Waals surface area contributed by atoms with Gasteiger partial charge >= 0.3 is 0 Å². The molecule has 2 aromatic carbocycles. The first-order chi connectivity index (χ1) is 20.9. The zero-order valence-corrected chi connectivity index (χ0v) is 28.2. The molecule has 0 aliphatic carbocycles.